The molecule has 3 nitrogen and oxygen atoms in total. The molecule has 0 aromatic carbocycles. The van der Waals surface area contributed by atoms with Crippen LogP contribution in [0.15, 0.2) is 12.2 Å². The van der Waals surface area contributed by atoms with Gasteiger partial charge in [0.15, 0.2) is 6.54 Å². The Labute approximate surface area is 151 Å². The van der Waals surface area contributed by atoms with Crippen LogP contribution < -0.4 is 0 Å². The molecule has 0 aromatic heterocycles. The Kier molecular flexibility index (Phi) is 3.43. The van der Waals surface area contributed by atoms with Crippen LogP contribution in [0.4, 0.5) is 0 Å². The Morgan fingerprint density at radius 3 is 2.80 bits per heavy atom. The smallest absolute Gasteiger partial charge is 0.165 e. The molecule has 0 unspecified atom stereocenters. The van der Waals surface area contributed by atoms with Gasteiger partial charge in [0, 0.05) is 10.8 Å². The third-order valence-electron chi connectivity index (χ3n) is 9.36. The van der Waals surface area contributed by atoms with Crippen molar-refractivity contribution < 1.29 is 14.8 Å². The van der Waals surface area contributed by atoms with Gasteiger partial charge in [0.2, 0.25) is 0 Å². The molecule has 5 aliphatic carbocycles. The van der Waals surface area contributed by atoms with Gasteiger partial charge in [-0.1, -0.05) is 19.9 Å². The second-order valence-corrected chi connectivity index (χ2v) is 10.3. The molecule has 0 radical (unpaired) electrons. The summed E-state index contributed by atoms with van der Waals surface area (Å²) in [5.41, 5.74) is 1.85. The molecule has 25 heavy (non-hydrogen) atoms. The summed E-state index contributed by atoms with van der Waals surface area (Å²) in [5, 5.41) is 20.8. The highest BCUT2D eigenvalue weighted by Crippen LogP contribution is 2.72. The first-order valence-corrected chi connectivity index (χ1v) is 10.5. The number of aliphatic hydroxyl groups is 2. The number of nitrogens with zero attached hydrogens (tertiary/aromatic N) is 1. The zero-order valence-electron chi connectivity index (χ0n) is 15.7. The number of rotatable bonds is 2. The average molecular weight is 345 g/mol. The van der Waals surface area contributed by atoms with Gasteiger partial charge in [-0.2, -0.15) is 0 Å². The average Bonchev–Trinajstić information content (AvgIpc) is 2.58. The van der Waals surface area contributed by atoms with Crippen LogP contribution in [-0.2, 0) is 0 Å². The molecule has 3 heteroatoms. The fraction of sp³-hybridized carbons (Fsp3) is 0.864. The molecule has 1 aliphatic heterocycles. The minimum absolute atomic E-state index is 0.0826. The molecule has 1 spiro atoms. The summed E-state index contributed by atoms with van der Waals surface area (Å²) in [5.74, 6) is 1.91. The zero-order valence-corrected chi connectivity index (χ0v) is 15.7. The molecule has 2 N–H and O–H groups in total. The van der Waals surface area contributed by atoms with E-state index in [0.717, 1.165) is 24.6 Å². The van der Waals surface area contributed by atoms with Crippen LogP contribution in [0.1, 0.15) is 58.3 Å². The highest BCUT2D eigenvalue weighted by Gasteiger charge is 2.70. The van der Waals surface area contributed by atoms with Gasteiger partial charge in [-0.25, -0.2) is 4.58 Å². The first-order valence-electron chi connectivity index (χ1n) is 10.5. The number of hydrogen-bond donors (Lipinski definition) is 2. The van der Waals surface area contributed by atoms with E-state index in [1.54, 1.807) is 0 Å². The molecular formula is C22H34NO2+. The molecule has 5 fully saturated rings. The Morgan fingerprint density at radius 2 is 2.00 bits per heavy atom. The quantitative estimate of drug-likeness (QED) is 0.597. The number of aliphatic hydroxyl groups excluding tert-OH is 2. The van der Waals surface area contributed by atoms with Crippen LogP contribution in [0.2, 0.25) is 0 Å². The minimum Gasteiger partial charge on any atom is -0.390 e. The van der Waals surface area contributed by atoms with Crippen LogP contribution in [0.3, 0.4) is 0 Å². The maximum absolute atomic E-state index is 11.2. The maximum atomic E-state index is 11.2. The second-order valence-electron chi connectivity index (χ2n) is 10.3. The van der Waals surface area contributed by atoms with E-state index in [1.165, 1.54) is 51.4 Å². The van der Waals surface area contributed by atoms with Gasteiger partial charge < -0.3 is 10.2 Å². The van der Waals surface area contributed by atoms with E-state index in [9.17, 15) is 10.2 Å². The van der Waals surface area contributed by atoms with Gasteiger partial charge in [-0.05, 0) is 68.3 Å². The van der Waals surface area contributed by atoms with Gasteiger partial charge >= 0.3 is 0 Å². The molecule has 0 saturated heterocycles. The Hall–Kier alpha value is -0.670. The highest BCUT2D eigenvalue weighted by atomic mass is 16.3. The molecular weight excluding hydrogens is 310 g/mol. The Balaban J connectivity index is 1.65. The summed E-state index contributed by atoms with van der Waals surface area (Å²) in [6.07, 6.45) is 12.4. The Bertz CT molecular complexity index is 642. The van der Waals surface area contributed by atoms with Crippen molar-refractivity contribution in [2.75, 3.05) is 19.7 Å². The topological polar surface area (TPSA) is 43.5 Å². The predicted molar refractivity (Wildman–Crippen MR) is 98.7 cm³/mol. The van der Waals surface area contributed by atoms with Crippen LogP contribution in [0.25, 0.3) is 0 Å². The van der Waals surface area contributed by atoms with Crippen molar-refractivity contribution in [3.8, 4) is 0 Å². The van der Waals surface area contributed by atoms with E-state index in [4.69, 9.17) is 0 Å². The molecule has 6 rings (SSSR count). The number of fused-ring (bicyclic) bond motifs is 2. The molecule has 7 atom stereocenters. The Morgan fingerprint density at radius 1 is 1.20 bits per heavy atom. The maximum Gasteiger partial charge on any atom is 0.165 e. The summed E-state index contributed by atoms with van der Waals surface area (Å²) >= 11 is 0. The lowest BCUT2D eigenvalue weighted by atomic mass is 9.35. The van der Waals surface area contributed by atoms with E-state index >= 15 is 0 Å². The fourth-order valence-electron chi connectivity index (χ4n) is 8.50. The summed E-state index contributed by atoms with van der Waals surface area (Å²) in [6, 6.07) is 0. The monoisotopic (exact) mass is 344 g/mol. The lowest BCUT2D eigenvalue weighted by Crippen LogP contribution is -2.68. The molecule has 1 heterocycles. The molecule has 5 saturated carbocycles. The van der Waals surface area contributed by atoms with Gasteiger partial charge in [-0.3, -0.25) is 0 Å². The predicted octanol–water partition coefficient (Wildman–Crippen LogP) is 3.00. The van der Waals surface area contributed by atoms with Crippen LogP contribution in [0.5, 0.6) is 0 Å². The lowest BCUT2D eigenvalue weighted by Gasteiger charge is -2.68. The molecule has 6 aliphatic rings. The zero-order chi connectivity index (χ0) is 17.4. The summed E-state index contributed by atoms with van der Waals surface area (Å²) < 4.78 is 2.44. The van der Waals surface area contributed by atoms with Crippen LogP contribution >= 0.6 is 0 Å². The summed E-state index contributed by atoms with van der Waals surface area (Å²) in [7, 11) is 0. The standard InChI is InChI=1S/C22H34NO2/c1-15-16-4-8-21(19(15)25)9-5-17-20(2)6-3-7-22(17,18(21)12-16)14-23(13-20)10-11-24/h14,16-19,24-25H,1,3-13H2,2H3/q+1/t16-,17-,18+,19-,20+,21-,22+/m1/s1. The number of hydrogen-bond acceptors (Lipinski definition) is 2. The number of β-amino-alcohol motifs (C(OH)–C–C–N with tert-alkyl or cyclic N) is 1. The first kappa shape index (κ1) is 16.5. The summed E-state index contributed by atoms with van der Waals surface area (Å²) in [4.78, 5) is 0. The van der Waals surface area contributed by atoms with Gasteiger partial charge in [0.25, 0.3) is 0 Å². The molecule has 138 valence electrons. The van der Waals surface area contributed by atoms with Gasteiger partial charge in [0.05, 0.1) is 11.5 Å². The fourth-order valence-corrected chi connectivity index (χ4v) is 8.50. The second kappa shape index (κ2) is 5.19. The molecule has 0 amide bonds. The SMILES string of the molecule is C=C1[C@@H]2CC[C@]3(CC[C@@H]4[C@@]5(C)CCC[C@@]4(C=[N+](CCO)C5)[C@H]3C2)[C@@H]1O. The minimum atomic E-state index is -0.282. The van der Waals surface area contributed by atoms with Crippen molar-refractivity contribution in [3.63, 3.8) is 0 Å². The highest BCUT2D eigenvalue weighted by molar-refractivity contribution is 5.65. The van der Waals surface area contributed by atoms with Crippen molar-refractivity contribution in [3.05, 3.63) is 12.2 Å². The van der Waals surface area contributed by atoms with Crippen molar-refractivity contribution >= 4 is 6.21 Å². The third kappa shape index (κ3) is 1.92. The van der Waals surface area contributed by atoms with Gasteiger partial charge in [-0.15, -0.1) is 0 Å². The third-order valence-corrected chi connectivity index (χ3v) is 9.36. The molecule has 0 aromatic rings. The van der Waals surface area contributed by atoms with Crippen molar-refractivity contribution in [1.82, 2.24) is 0 Å². The van der Waals surface area contributed by atoms with Crippen LogP contribution in [-0.4, -0.2) is 46.8 Å². The molecule has 4 bridgehead atoms. The summed E-state index contributed by atoms with van der Waals surface area (Å²) in [6.45, 7) is 8.93. The van der Waals surface area contributed by atoms with E-state index < -0.39 is 0 Å². The van der Waals surface area contributed by atoms with Crippen molar-refractivity contribution in [2.45, 2.75) is 64.4 Å². The van der Waals surface area contributed by atoms with E-state index in [0.29, 0.717) is 17.3 Å². The van der Waals surface area contributed by atoms with Crippen molar-refractivity contribution in [2.24, 2.45) is 34.0 Å². The van der Waals surface area contributed by atoms with E-state index in [-0.39, 0.29) is 23.5 Å². The van der Waals surface area contributed by atoms with Crippen LogP contribution in [0, 0.1) is 34.0 Å². The van der Waals surface area contributed by atoms with Gasteiger partial charge in [0.1, 0.15) is 19.4 Å². The van der Waals surface area contributed by atoms with Crippen molar-refractivity contribution in [1.29, 1.82) is 0 Å². The lowest BCUT2D eigenvalue weighted by molar-refractivity contribution is -0.560. The van der Waals surface area contributed by atoms with E-state index in [1.807, 2.05) is 0 Å². The van der Waals surface area contributed by atoms with E-state index in [2.05, 4.69) is 24.3 Å². The largest absolute Gasteiger partial charge is 0.390 e. The first-order chi connectivity index (χ1) is 12.0. The normalized spacial score (nSPS) is 53.9.